The lowest BCUT2D eigenvalue weighted by Crippen LogP contribution is -2.17. The Labute approximate surface area is 158 Å². The van der Waals surface area contributed by atoms with E-state index in [4.69, 9.17) is 4.74 Å². The normalized spacial score (nSPS) is 17.2. The van der Waals surface area contributed by atoms with Gasteiger partial charge in [0.25, 0.3) is 0 Å². The molecule has 1 aliphatic heterocycles. The fraction of sp³-hybridized carbons (Fsp3) is 0.273. The monoisotopic (exact) mass is 363 g/mol. The molecule has 0 saturated heterocycles. The molecule has 1 aliphatic rings. The molecule has 1 atom stereocenters. The van der Waals surface area contributed by atoms with Gasteiger partial charge in [-0.3, -0.25) is 0 Å². The second-order valence-corrected chi connectivity index (χ2v) is 7.08. The molecule has 0 saturated carbocycles. The molecule has 1 unspecified atom stereocenters. The zero-order valence-electron chi connectivity index (χ0n) is 15.5. The number of rotatable bonds is 3. The molecule has 0 radical (unpaired) electrons. The van der Waals surface area contributed by atoms with Crippen LogP contribution in [-0.4, -0.2) is 28.7 Å². The van der Waals surface area contributed by atoms with Gasteiger partial charge >= 0.3 is 0 Å². The van der Waals surface area contributed by atoms with E-state index in [2.05, 4.69) is 28.2 Å². The van der Waals surface area contributed by atoms with Crippen molar-refractivity contribution in [1.82, 2.24) is 15.1 Å². The molecule has 0 aliphatic carbocycles. The summed E-state index contributed by atoms with van der Waals surface area (Å²) in [5.41, 5.74) is 3.92. The first-order chi connectivity index (χ1) is 13.1. The van der Waals surface area contributed by atoms with Crippen LogP contribution in [0.15, 0.2) is 54.6 Å². The standard InChI is InChI=1S/C22H22FN3O/c1-15-7-10-22(25-24-15)27-17-8-9-18-16(13-17)14-26(2)12-11-19(18)20-5-3-4-6-21(20)23/h3-10,13,19H,11-12,14H2,1-2H3. The Balaban J connectivity index is 1.69. The first kappa shape index (κ1) is 17.6. The molecule has 0 fully saturated rings. The highest BCUT2D eigenvalue weighted by atomic mass is 19.1. The maximum atomic E-state index is 14.4. The molecule has 0 spiro atoms. The molecular formula is C22H22FN3O. The average molecular weight is 363 g/mol. The van der Waals surface area contributed by atoms with Crippen molar-refractivity contribution in [2.75, 3.05) is 13.6 Å². The van der Waals surface area contributed by atoms with E-state index in [0.29, 0.717) is 5.88 Å². The zero-order chi connectivity index (χ0) is 18.8. The lowest BCUT2D eigenvalue weighted by Gasteiger charge is -2.19. The molecule has 0 bridgehead atoms. The van der Waals surface area contributed by atoms with Crippen LogP contribution < -0.4 is 4.74 Å². The van der Waals surface area contributed by atoms with Gasteiger partial charge in [0.2, 0.25) is 5.88 Å². The largest absolute Gasteiger partial charge is 0.438 e. The Morgan fingerprint density at radius 1 is 1.04 bits per heavy atom. The summed E-state index contributed by atoms with van der Waals surface area (Å²) in [5, 5.41) is 8.09. The van der Waals surface area contributed by atoms with Crippen molar-refractivity contribution >= 4 is 0 Å². The van der Waals surface area contributed by atoms with Gasteiger partial charge in [0, 0.05) is 18.5 Å². The molecule has 0 N–H and O–H groups in total. The van der Waals surface area contributed by atoms with Crippen LogP contribution in [0.5, 0.6) is 11.6 Å². The smallest absolute Gasteiger partial charge is 0.238 e. The Kier molecular flexibility index (Phi) is 4.86. The van der Waals surface area contributed by atoms with Gasteiger partial charge in [-0.25, -0.2) is 4.39 Å². The van der Waals surface area contributed by atoms with Crippen LogP contribution in [0.25, 0.3) is 0 Å². The van der Waals surface area contributed by atoms with Crippen LogP contribution >= 0.6 is 0 Å². The molecule has 4 nitrogen and oxygen atoms in total. The first-order valence-corrected chi connectivity index (χ1v) is 9.14. The molecule has 138 valence electrons. The van der Waals surface area contributed by atoms with Crippen molar-refractivity contribution < 1.29 is 9.13 Å². The number of halogens is 1. The van der Waals surface area contributed by atoms with Gasteiger partial charge < -0.3 is 9.64 Å². The Bertz CT molecular complexity index is 943. The lowest BCUT2D eigenvalue weighted by molar-refractivity contribution is 0.327. The van der Waals surface area contributed by atoms with Gasteiger partial charge in [-0.15, -0.1) is 5.10 Å². The van der Waals surface area contributed by atoms with Gasteiger partial charge in [-0.05, 0) is 67.9 Å². The SMILES string of the molecule is Cc1ccc(Oc2ccc3c(c2)CN(C)CCC3c2ccccc2F)nn1. The fourth-order valence-corrected chi connectivity index (χ4v) is 3.64. The fourth-order valence-electron chi connectivity index (χ4n) is 3.64. The van der Waals surface area contributed by atoms with Crippen LogP contribution in [0.1, 0.15) is 34.7 Å². The minimum absolute atomic E-state index is 0.0411. The molecule has 2 heterocycles. The lowest BCUT2D eigenvalue weighted by atomic mass is 9.86. The Morgan fingerprint density at radius 2 is 1.89 bits per heavy atom. The summed E-state index contributed by atoms with van der Waals surface area (Å²) in [6.07, 6.45) is 0.883. The summed E-state index contributed by atoms with van der Waals surface area (Å²) in [7, 11) is 2.09. The van der Waals surface area contributed by atoms with E-state index in [1.165, 1.54) is 6.07 Å². The molecule has 5 heteroatoms. The number of benzene rings is 2. The summed E-state index contributed by atoms with van der Waals surface area (Å²) in [6.45, 7) is 3.60. The highest BCUT2D eigenvalue weighted by Crippen LogP contribution is 2.37. The summed E-state index contributed by atoms with van der Waals surface area (Å²) in [5.74, 6) is 1.08. The average Bonchev–Trinajstić information content (AvgIpc) is 2.82. The van der Waals surface area contributed by atoms with E-state index in [1.807, 2.05) is 43.3 Å². The van der Waals surface area contributed by atoms with E-state index >= 15 is 0 Å². The zero-order valence-corrected chi connectivity index (χ0v) is 15.5. The predicted molar refractivity (Wildman–Crippen MR) is 102 cm³/mol. The number of nitrogens with zero attached hydrogens (tertiary/aromatic N) is 3. The van der Waals surface area contributed by atoms with E-state index < -0.39 is 0 Å². The topological polar surface area (TPSA) is 38.2 Å². The first-order valence-electron chi connectivity index (χ1n) is 9.14. The van der Waals surface area contributed by atoms with E-state index in [9.17, 15) is 4.39 Å². The van der Waals surface area contributed by atoms with Crippen molar-refractivity contribution in [2.24, 2.45) is 0 Å². The molecule has 1 aromatic heterocycles. The molecule has 2 aromatic carbocycles. The van der Waals surface area contributed by atoms with Gasteiger partial charge in [0.05, 0.1) is 5.69 Å². The van der Waals surface area contributed by atoms with Crippen LogP contribution in [0.3, 0.4) is 0 Å². The predicted octanol–water partition coefficient (Wildman–Crippen LogP) is 4.68. The van der Waals surface area contributed by atoms with Crippen molar-refractivity contribution in [3.8, 4) is 11.6 Å². The molecule has 4 rings (SSSR count). The van der Waals surface area contributed by atoms with Crippen molar-refractivity contribution in [1.29, 1.82) is 0 Å². The number of hydrogen-bond acceptors (Lipinski definition) is 4. The summed E-state index contributed by atoms with van der Waals surface area (Å²) in [6, 6.07) is 16.8. The minimum atomic E-state index is -0.145. The summed E-state index contributed by atoms with van der Waals surface area (Å²) in [4.78, 5) is 2.26. The van der Waals surface area contributed by atoms with Gasteiger partial charge in [0.15, 0.2) is 0 Å². The van der Waals surface area contributed by atoms with Crippen molar-refractivity contribution in [2.45, 2.75) is 25.8 Å². The van der Waals surface area contributed by atoms with Crippen LogP contribution in [0, 0.1) is 12.7 Å². The molecule has 27 heavy (non-hydrogen) atoms. The maximum Gasteiger partial charge on any atom is 0.238 e. The van der Waals surface area contributed by atoms with Gasteiger partial charge in [-0.2, -0.15) is 5.10 Å². The Morgan fingerprint density at radius 3 is 2.67 bits per heavy atom. The van der Waals surface area contributed by atoms with E-state index in [1.54, 1.807) is 6.07 Å². The van der Waals surface area contributed by atoms with Crippen LogP contribution in [0.4, 0.5) is 4.39 Å². The minimum Gasteiger partial charge on any atom is -0.438 e. The van der Waals surface area contributed by atoms with E-state index in [-0.39, 0.29) is 11.7 Å². The van der Waals surface area contributed by atoms with Gasteiger partial charge in [0.1, 0.15) is 11.6 Å². The maximum absolute atomic E-state index is 14.4. The molecule has 3 aromatic rings. The second kappa shape index (κ2) is 7.45. The third kappa shape index (κ3) is 3.83. The quantitative estimate of drug-likeness (QED) is 0.677. The number of aryl methyl sites for hydroxylation is 1. The van der Waals surface area contributed by atoms with E-state index in [0.717, 1.165) is 47.6 Å². The molecule has 0 amide bonds. The van der Waals surface area contributed by atoms with Crippen LogP contribution in [0.2, 0.25) is 0 Å². The number of ether oxygens (including phenoxy) is 1. The van der Waals surface area contributed by atoms with Crippen LogP contribution in [-0.2, 0) is 6.54 Å². The number of aromatic nitrogens is 2. The van der Waals surface area contributed by atoms with Crippen molar-refractivity contribution in [3.05, 3.63) is 82.8 Å². The highest BCUT2D eigenvalue weighted by Gasteiger charge is 2.24. The third-order valence-corrected chi connectivity index (χ3v) is 5.01. The van der Waals surface area contributed by atoms with Crippen molar-refractivity contribution in [3.63, 3.8) is 0 Å². The highest BCUT2D eigenvalue weighted by molar-refractivity contribution is 5.44. The second-order valence-electron chi connectivity index (χ2n) is 7.08. The Hall–Kier alpha value is -2.79. The van der Waals surface area contributed by atoms with Gasteiger partial charge in [-0.1, -0.05) is 24.3 Å². The third-order valence-electron chi connectivity index (χ3n) is 5.01. The summed E-state index contributed by atoms with van der Waals surface area (Å²) >= 11 is 0. The number of fused-ring (bicyclic) bond motifs is 1. The molecular weight excluding hydrogens is 341 g/mol. The summed E-state index contributed by atoms with van der Waals surface area (Å²) < 4.78 is 20.3. The number of hydrogen-bond donors (Lipinski definition) is 0.